The summed E-state index contributed by atoms with van der Waals surface area (Å²) in [6.07, 6.45) is 7.28. The number of nitrogens with one attached hydrogen (secondary N) is 1. The van der Waals surface area contributed by atoms with E-state index in [2.05, 4.69) is 26.1 Å². The van der Waals surface area contributed by atoms with Gasteiger partial charge in [-0.2, -0.15) is 0 Å². The second-order valence-electron chi connectivity index (χ2n) is 5.85. The maximum Gasteiger partial charge on any atom is 0.227 e. The highest BCUT2D eigenvalue weighted by Gasteiger charge is 2.41. The van der Waals surface area contributed by atoms with Gasteiger partial charge in [0.1, 0.15) is 0 Å². The molecule has 0 atom stereocenters. The highest BCUT2D eigenvalue weighted by atomic mass is 16.2. The Balaban J connectivity index is 2.70. The average molecular weight is 240 g/mol. The number of amides is 1. The fraction of sp³-hybridized carbons (Fsp3) is 0.929. The van der Waals surface area contributed by atoms with Crippen LogP contribution in [0.3, 0.4) is 0 Å². The molecule has 3 N–H and O–H groups in total. The first-order valence-corrected chi connectivity index (χ1v) is 7.04. The van der Waals surface area contributed by atoms with E-state index >= 15 is 0 Å². The Kier molecular flexibility index (Phi) is 4.99. The van der Waals surface area contributed by atoms with E-state index in [-0.39, 0.29) is 16.9 Å². The second-order valence-corrected chi connectivity index (χ2v) is 5.85. The number of rotatable bonds is 7. The van der Waals surface area contributed by atoms with Crippen LogP contribution in [0.1, 0.15) is 65.7 Å². The van der Waals surface area contributed by atoms with Crippen LogP contribution in [0, 0.1) is 5.41 Å². The minimum absolute atomic E-state index is 0.0407. The Bertz CT molecular complexity index is 253. The van der Waals surface area contributed by atoms with Gasteiger partial charge in [0.15, 0.2) is 0 Å². The Morgan fingerprint density at radius 2 is 1.82 bits per heavy atom. The molecule has 1 aliphatic rings. The molecule has 0 saturated heterocycles. The lowest BCUT2D eigenvalue weighted by molar-refractivity contribution is -0.134. The molecule has 1 amide bonds. The standard InChI is InChI=1S/C14H28N2O/c1-4-7-14(11-15,8-5-2)12(17)16-13(3)9-6-10-13/h4-11,15H2,1-3H3,(H,16,17). The van der Waals surface area contributed by atoms with Gasteiger partial charge in [0.2, 0.25) is 5.91 Å². The minimum Gasteiger partial charge on any atom is -0.350 e. The summed E-state index contributed by atoms with van der Waals surface area (Å²) >= 11 is 0. The molecule has 1 saturated carbocycles. The summed E-state index contributed by atoms with van der Waals surface area (Å²) in [6.45, 7) is 6.86. The molecular weight excluding hydrogens is 212 g/mol. The molecule has 3 heteroatoms. The smallest absolute Gasteiger partial charge is 0.227 e. The predicted octanol–water partition coefficient (Wildman–Crippen LogP) is 2.59. The predicted molar refractivity (Wildman–Crippen MR) is 71.7 cm³/mol. The summed E-state index contributed by atoms with van der Waals surface area (Å²) in [5.74, 6) is 0.186. The van der Waals surface area contributed by atoms with Crippen LogP contribution >= 0.6 is 0 Å². The van der Waals surface area contributed by atoms with Gasteiger partial charge in [-0.05, 0) is 39.0 Å². The first-order chi connectivity index (χ1) is 8.02. The minimum atomic E-state index is -0.331. The highest BCUT2D eigenvalue weighted by Crippen LogP contribution is 2.35. The molecule has 0 aromatic carbocycles. The van der Waals surface area contributed by atoms with Crippen molar-refractivity contribution in [3.63, 3.8) is 0 Å². The van der Waals surface area contributed by atoms with Crippen LogP contribution in [-0.4, -0.2) is 18.0 Å². The number of nitrogens with two attached hydrogens (primary N) is 1. The third-order valence-electron chi connectivity index (χ3n) is 4.20. The van der Waals surface area contributed by atoms with Crippen LogP contribution in [0.4, 0.5) is 0 Å². The van der Waals surface area contributed by atoms with E-state index in [1.807, 2.05) is 0 Å². The highest BCUT2D eigenvalue weighted by molar-refractivity contribution is 5.83. The summed E-state index contributed by atoms with van der Waals surface area (Å²) in [4.78, 5) is 12.5. The zero-order chi connectivity index (χ0) is 12.9. The molecule has 0 heterocycles. The molecule has 1 aliphatic carbocycles. The van der Waals surface area contributed by atoms with Gasteiger partial charge in [-0.25, -0.2) is 0 Å². The molecule has 1 rings (SSSR count). The van der Waals surface area contributed by atoms with Crippen molar-refractivity contribution in [2.45, 2.75) is 71.3 Å². The topological polar surface area (TPSA) is 55.1 Å². The van der Waals surface area contributed by atoms with E-state index in [1.54, 1.807) is 0 Å². The van der Waals surface area contributed by atoms with Gasteiger partial charge in [-0.3, -0.25) is 4.79 Å². The van der Waals surface area contributed by atoms with Crippen LogP contribution in [-0.2, 0) is 4.79 Å². The van der Waals surface area contributed by atoms with Crippen molar-refractivity contribution >= 4 is 5.91 Å². The summed E-state index contributed by atoms with van der Waals surface area (Å²) in [6, 6.07) is 0. The van der Waals surface area contributed by atoms with Gasteiger partial charge < -0.3 is 11.1 Å². The third kappa shape index (κ3) is 3.21. The van der Waals surface area contributed by atoms with Gasteiger partial charge in [0.05, 0.1) is 5.41 Å². The van der Waals surface area contributed by atoms with Crippen molar-refractivity contribution in [1.29, 1.82) is 0 Å². The molecule has 0 aromatic heterocycles. The molecule has 3 nitrogen and oxygen atoms in total. The van der Waals surface area contributed by atoms with E-state index < -0.39 is 0 Å². The van der Waals surface area contributed by atoms with E-state index in [4.69, 9.17) is 5.73 Å². The molecule has 0 aliphatic heterocycles. The average Bonchev–Trinajstić information content (AvgIpc) is 2.26. The molecule has 0 bridgehead atoms. The first-order valence-electron chi connectivity index (χ1n) is 7.04. The van der Waals surface area contributed by atoms with E-state index in [0.29, 0.717) is 6.54 Å². The van der Waals surface area contributed by atoms with Crippen molar-refractivity contribution in [2.24, 2.45) is 11.1 Å². The zero-order valence-electron chi connectivity index (χ0n) is 11.6. The first kappa shape index (κ1) is 14.5. The quantitative estimate of drug-likeness (QED) is 0.718. The van der Waals surface area contributed by atoms with Crippen LogP contribution in [0.2, 0.25) is 0 Å². The van der Waals surface area contributed by atoms with Gasteiger partial charge in [-0.1, -0.05) is 26.7 Å². The van der Waals surface area contributed by atoms with Crippen LogP contribution in [0.25, 0.3) is 0 Å². The summed E-state index contributed by atoms with van der Waals surface area (Å²) in [7, 11) is 0. The lowest BCUT2D eigenvalue weighted by Gasteiger charge is -2.42. The van der Waals surface area contributed by atoms with Gasteiger partial charge >= 0.3 is 0 Å². The largest absolute Gasteiger partial charge is 0.350 e. The van der Waals surface area contributed by atoms with Crippen molar-refractivity contribution in [3.05, 3.63) is 0 Å². The fourth-order valence-corrected chi connectivity index (χ4v) is 2.84. The van der Waals surface area contributed by atoms with Crippen molar-refractivity contribution in [3.8, 4) is 0 Å². The van der Waals surface area contributed by atoms with Crippen LogP contribution in [0.15, 0.2) is 0 Å². The lowest BCUT2D eigenvalue weighted by Crippen LogP contribution is -2.57. The van der Waals surface area contributed by atoms with E-state index in [9.17, 15) is 4.79 Å². The summed E-state index contributed by atoms with van der Waals surface area (Å²) in [5.41, 5.74) is 5.61. The summed E-state index contributed by atoms with van der Waals surface area (Å²) in [5, 5.41) is 3.24. The number of hydrogen-bond acceptors (Lipinski definition) is 2. The molecule has 100 valence electrons. The number of carbonyl (C=O) groups is 1. The Morgan fingerprint density at radius 3 is 2.12 bits per heavy atom. The second kappa shape index (κ2) is 5.85. The Morgan fingerprint density at radius 1 is 1.29 bits per heavy atom. The number of hydrogen-bond donors (Lipinski definition) is 2. The maximum atomic E-state index is 12.5. The molecule has 0 aromatic rings. The third-order valence-corrected chi connectivity index (χ3v) is 4.20. The van der Waals surface area contributed by atoms with Crippen LogP contribution in [0.5, 0.6) is 0 Å². The lowest BCUT2D eigenvalue weighted by atomic mass is 9.74. The van der Waals surface area contributed by atoms with Gasteiger partial charge in [0.25, 0.3) is 0 Å². The van der Waals surface area contributed by atoms with Gasteiger partial charge in [0, 0.05) is 12.1 Å². The van der Waals surface area contributed by atoms with Crippen molar-refractivity contribution in [2.75, 3.05) is 6.54 Å². The molecule has 0 spiro atoms. The maximum absolute atomic E-state index is 12.5. The molecule has 0 radical (unpaired) electrons. The summed E-state index contributed by atoms with van der Waals surface area (Å²) < 4.78 is 0. The monoisotopic (exact) mass is 240 g/mol. The van der Waals surface area contributed by atoms with E-state index in [1.165, 1.54) is 6.42 Å². The Hall–Kier alpha value is -0.570. The Labute approximate surface area is 106 Å². The van der Waals surface area contributed by atoms with Crippen molar-refractivity contribution in [1.82, 2.24) is 5.32 Å². The molecule has 0 unspecified atom stereocenters. The SMILES string of the molecule is CCCC(CN)(CCC)C(=O)NC1(C)CCC1. The molecular formula is C14H28N2O. The number of carbonyl (C=O) groups excluding carboxylic acids is 1. The fourth-order valence-electron chi connectivity index (χ4n) is 2.84. The molecule has 17 heavy (non-hydrogen) atoms. The van der Waals surface area contributed by atoms with E-state index in [0.717, 1.165) is 38.5 Å². The zero-order valence-corrected chi connectivity index (χ0v) is 11.6. The van der Waals surface area contributed by atoms with Crippen molar-refractivity contribution < 1.29 is 4.79 Å². The van der Waals surface area contributed by atoms with Crippen LogP contribution < -0.4 is 11.1 Å². The normalized spacial score (nSPS) is 18.6. The van der Waals surface area contributed by atoms with Gasteiger partial charge in [-0.15, -0.1) is 0 Å². The molecule has 1 fully saturated rings.